The van der Waals surface area contributed by atoms with Gasteiger partial charge in [-0.15, -0.1) is 0 Å². The molecule has 1 aliphatic heterocycles. The third-order valence-corrected chi connectivity index (χ3v) is 9.04. The summed E-state index contributed by atoms with van der Waals surface area (Å²) >= 11 is 1.82. The van der Waals surface area contributed by atoms with Crippen molar-refractivity contribution < 1.29 is 0 Å². The van der Waals surface area contributed by atoms with Crippen molar-refractivity contribution in [2.45, 2.75) is 23.8 Å². The second-order valence-electron chi connectivity index (χ2n) is 10.9. The summed E-state index contributed by atoms with van der Waals surface area (Å²) < 4.78 is 2.23. The number of para-hydroxylation sites is 4. The molecular formula is C36H26N4S. The van der Waals surface area contributed by atoms with E-state index in [1.54, 1.807) is 0 Å². The molecule has 0 spiro atoms. The summed E-state index contributed by atoms with van der Waals surface area (Å²) in [5.74, 6) is 0. The molecular weight excluding hydrogens is 520 g/mol. The van der Waals surface area contributed by atoms with Gasteiger partial charge in [0.15, 0.2) is 5.16 Å². The average molecular weight is 547 g/mol. The predicted molar refractivity (Wildman–Crippen MR) is 169 cm³/mol. The van der Waals surface area contributed by atoms with E-state index in [2.05, 4.69) is 97.3 Å². The van der Waals surface area contributed by atoms with Crippen LogP contribution in [0.3, 0.4) is 0 Å². The van der Waals surface area contributed by atoms with Gasteiger partial charge >= 0.3 is 0 Å². The molecule has 0 N–H and O–H groups in total. The third kappa shape index (κ3) is 3.96. The molecule has 0 fully saturated rings. The zero-order valence-corrected chi connectivity index (χ0v) is 23.6. The Hall–Kier alpha value is -4.74. The Morgan fingerprint density at radius 2 is 1.15 bits per heavy atom. The Balaban J connectivity index is 1.30. The third-order valence-electron chi connectivity index (χ3n) is 7.85. The van der Waals surface area contributed by atoms with Gasteiger partial charge in [0, 0.05) is 15.9 Å². The number of benzene rings is 5. The van der Waals surface area contributed by atoms with Crippen molar-refractivity contribution in [2.24, 2.45) is 0 Å². The number of thioether (sulfide) groups is 1. The van der Waals surface area contributed by atoms with Crippen LogP contribution in [0.5, 0.6) is 0 Å². The monoisotopic (exact) mass is 546 g/mol. The molecule has 0 aliphatic carbocycles. The lowest BCUT2D eigenvalue weighted by Crippen LogP contribution is -2.21. The normalized spacial score (nSPS) is 13.7. The van der Waals surface area contributed by atoms with Crippen LogP contribution in [-0.2, 0) is 4.75 Å². The Morgan fingerprint density at radius 3 is 1.93 bits per heavy atom. The van der Waals surface area contributed by atoms with Gasteiger partial charge in [-0.25, -0.2) is 15.0 Å². The maximum Gasteiger partial charge on any atom is 0.174 e. The van der Waals surface area contributed by atoms with E-state index in [1.807, 2.05) is 54.2 Å². The first-order valence-corrected chi connectivity index (χ1v) is 14.6. The Labute approximate surface area is 242 Å². The van der Waals surface area contributed by atoms with Gasteiger partial charge in [0.05, 0.1) is 39.1 Å². The Bertz CT molecular complexity index is 2110. The molecule has 41 heavy (non-hydrogen) atoms. The molecule has 0 saturated heterocycles. The lowest BCUT2D eigenvalue weighted by atomic mass is 9.94. The lowest BCUT2D eigenvalue weighted by molar-refractivity contribution is 0.729. The highest BCUT2D eigenvalue weighted by molar-refractivity contribution is 8.00. The van der Waals surface area contributed by atoms with Crippen LogP contribution in [0.4, 0.5) is 0 Å². The standard InChI is InChI=1S/C36H26N4S/c1-36(2)27-20-19-25(22-32(27)40-31-18-9-8-17-30(31)39-35(40)41-36)24-13-10-14-26(21-24)34-33(23-11-4-3-5-12-23)37-28-15-6-7-16-29(28)38-34/h3-22H,1-2H3. The smallest absolute Gasteiger partial charge is 0.174 e. The van der Waals surface area contributed by atoms with Gasteiger partial charge < -0.3 is 0 Å². The molecule has 2 aromatic heterocycles. The number of hydrogen-bond acceptors (Lipinski definition) is 4. The quantitative estimate of drug-likeness (QED) is 0.221. The summed E-state index contributed by atoms with van der Waals surface area (Å²) in [5, 5.41) is 1.04. The molecule has 0 bridgehead atoms. The van der Waals surface area contributed by atoms with Gasteiger partial charge in [-0.3, -0.25) is 4.57 Å². The number of rotatable bonds is 3. The molecule has 3 heterocycles. The van der Waals surface area contributed by atoms with Crippen LogP contribution in [0.2, 0.25) is 0 Å². The van der Waals surface area contributed by atoms with E-state index in [4.69, 9.17) is 15.0 Å². The molecule has 0 saturated carbocycles. The number of fused-ring (bicyclic) bond motifs is 6. The first-order chi connectivity index (χ1) is 20.0. The van der Waals surface area contributed by atoms with Crippen LogP contribution >= 0.6 is 11.8 Å². The Morgan fingerprint density at radius 1 is 0.537 bits per heavy atom. The van der Waals surface area contributed by atoms with Crippen LogP contribution in [0.15, 0.2) is 126 Å². The fourth-order valence-corrected chi connectivity index (χ4v) is 7.01. The summed E-state index contributed by atoms with van der Waals surface area (Å²) in [7, 11) is 0. The molecule has 0 radical (unpaired) electrons. The fourth-order valence-electron chi connectivity index (χ4n) is 5.84. The van der Waals surface area contributed by atoms with E-state index in [9.17, 15) is 0 Å². The van der Waals surface area contributed by atoms with Gasteiger partial charge in [-0.2, -0.15) is 0 Å². The highest BCUT2D eigenvalue weighted by atomic mass is 32.2. The van der Waals surface area contributed by atoms with E-state index in [-0.39, 0.29) is 4.75 Å². The van der Waals surface area contributed by atoms with Crippen molar-refractivity contribution in [3.63, 3.8) is 0 Å². The molecule has 7 aromatic rings. The molecule has 5 heteroatoms. The van der Waals surface area contributed by atoms with Crippen LogP contribution < -0.4 is 0 Å². The van der Waals surface area contributed by atoms with E-state index in [0.717, 1.165) is 60.9 Å². The topological polar surface area (TPSA) is 43.6 Å². The zero-order chi connectivity index (χ0) is 27.6. The van der Waals surface area contributed by atoms with E-state index >= 15 is 0 Å². The molecule has 0 amide bonds. The van der Waals surface area contributed by atoms with Gasteiger partial charge in [-0.1, -0.05) is 96.7 Å². The number of aromatic nitrogens is 4. The highest BCUT2D eigenvalue weighted by Gasteiger charge is 2.34. The minimum Gasteiger partial charge on any atom is -0.287 e. The van der Waals surface area contributed by atoms with E-state index < -0.39 is 0 Å². The van der Waals surface area contributed by atoms with Crippen LogP contribution in [0.1, 0.15) is 19.4 Å². The van der Waals surface area contributed by atoms with E-state index in [0.29, 0.717) is 0 Å². The van der Waals surface area contributed by atoms with Crippen molar-refractivity contribution in [1.82, 2.24) is 19.5 Å². The first-order valence-electron chi connectivity index (χ1n) is 13.8. The van der Waals surface area contributed by atoms with Crippen molar-refractivity contribution in [3.8, 4) is 39.3 Å². The second kappa shape index (κ2) is 9.15. The van der Waals surface area contributed by atoms with Crippen molar-refractivity contribution in [3.05, 3.63) is 127 Å². The van der Waals surface area contributed by atoms with Gasteiger partial charge in [-0.05, 0) is 66.9 Å². The van der Waals surface area contributed by atoms with Crippen LogP contribution in [0, 0.1) is 0 Å². The number of nitrogens with zero attached hydrogens (tertiary/aromatic N) is 4. The number of imidazole rings is 1. The van der Waals surface area contributed by atoms with Gasteiger partial charge in [0.2, 0.25) is 0 Å². The summed E-state index contributed by atoms with van der Waals surface area (Å²) in [6, 6.07) is 42.3. The van der Waals surface area contributed by atoms with Gasteiger partial charge in [0.25, 0.3) is 0 Å². The van der Waals surface area contributed by atoms with Gasteiger partial charge in [0.1, 0.15) is 0 Å². The van der Waals surface area contributed by atoms with Crippen LogP contribution in [-0.4, -0.2) is 19.5 Å². The molecule has 0 atom stereocenters. The SMILES string of the molecule is CC1(C)Sc2nc3ccccc3n2-c2cc(-c3cccc(-c4nc5ccccc5nc4-c4ccccc4)c3)ccc21. The van der Waals surface area contributed by atoms with Crippen LogP contribution in [0.25, 0.3) is 61.4 Å². The average Bonchev–Trinajstić information content (AvgIpc) is 3.38. The molecule has 5 aromatic carbocycles. The summed E-state index contributed by atoms with van der Waals surface area (Å²) in [5.41, 5.74) is 12.6. The largest absolute Gasteiger partial charge is 0.287 e. The molecule has 4 nitrogen and oxygen atoms in total. The second-order valence-corrected chi connectivity index (χ2v) is 12.5. The molecule has 1 aliphatic rings. The summed E-state index contributed by atoms with van der Waals surface area (Å²) in [6.07, 6.45) is 0. The molecule has 0 unspecified atom stereocenters. The van der Waals surface area contributed by atoms with Crippen molar-refractivity contribution in [2.75, 3.05) is 0 Å². The van der Waals surface area contributed by atoms with Crippen molar-refractivity contribution >= 4 is 33.8 Å². The number of hydrogen-bond donors (Lipinski definition) is 0. The maximum atomic E-state index is 5.13. The lowest BCUT2D eigenvalue weighted by Gasteiger charge is -2.32. The highest BCUT2D eigenvalue weighted by Crippen LogP contribution is 2.49. The maximum absolute atomic E-state index is 5.13. The molecule has 196 valence electrons. The minimum absolute atomic E-state index is 0.0850. The zero-order valence-electron chi connectivity index (χ0n) is 22.7. The van der Waals surface area contributed by atoms with E-state index in [1.165, 1.54) is 11.3 Å². The Kier molecular flexibility index (Phi) is 5.38. The summed E-state index contributed by atoms with van der Waals surface area (Å²) in [6.45, 7) is 4.56. The molecule has 8 rings (SSSR count). The fraction of sp³-hybridized carbons (Fsp3) is 0.0833. The first kappa shape index (κ1) is 24.1. The minimum atomic E-state index is -0.0850. The summed E-state index contributed by atoms with van der Waals surface area (Å²) in [4.78, 5) is 15.2. The predicted octanol–water partition coefficient (Wildman–Crippen LogP) is 9.31. The van der Waals surface area contributed by atoms with Crippen molar-refractivity contribution in [1.29, 1.82) is 0 Å².